The molecule has 0 N–H and O–H groups in total. The highest BCUT2D eigenvalue weighted by Crippen LogP contribution is 2.29. The summed E-state index contributed by atoms with van der Waals surface area (Å²) in [5, 5.41) is 23.5. The third-order valence-electron chi connectivity index (χ3n) is 3.54. The number of benzene rings is 1. The second kappa shape index (κ2) is 6.84. The van der Waals surface area contributed by atoms with E-state index < -0.39 is 0 Å². The van der Waals surface area contributed by atoms with Gasteiger partial charge in [-0.1, -0.05) is 30.0 Å². The zero-order chi connectivity index (χ0) is 15.4. The van der Waals surface area contributed by atoms with Gasteiger partial charge in [0.05, 0.1) is 11.0 Å². The Kier molecular flexibility index (Phi) is 4.64. The summed E-state index contributed by atoms with van der Waals surface area (Å²) in [6.07, 6.45) is 1.76. The van der Waals surface area contributed by atoms with Crippen LogP contribution >= 0.6 is 11.8 Å². The maximum atomic E-state index is 11.0. The molecule has 1 aromatic heterocycles. The average Bonchev–Trinajstić information content (AvgIpc) is 3.02. The van der Waals surface area contributed by atoms with Crippen LogP contribution in [0, 0.1) is 10.1 Å². The average molecular weight is 321 g/mol. The number of nitro groups is 1. The molecule has 0 radical (unpaired) electrons. The highest BCUT2D eigenvalue weighted by molar-refractivity contribution is 7.98. The predicted molar refractivity (Wildman–Crippen MR) is 79.6 cm³/mol. The lowest BCUT2D eigenvalue weighted by molar-refractivity contribution is -0.385. The smallest absolute Gasteiger partial charge is 0.273 e. The molecule has 0 atom stereocenters. The number of tetrazole rings is 1. The highest BCUT2D eigenvalue weighted by Gasteiger charge is 2.21. The van der Waals surface area contributed by atoms with Crippen LogP contribution in [0.25, 0.3) is 0 Å². The lowest BCUT2D eigenvalue weighted by Gasteiger charge is -2.22. The van der Waals surface area contributed by atoms with Crippen LogP contribution in [0.5, 0.6) is 0 Å². The van der Waals surface area contributed by atoms with Gasteiger partial charge in [0, 0.05) is 30.6 Å². The van der Waals surface area contributed by atoms with Crippen molar-refractivity contribution in [1.82, 2.24) is 20.2 Å². The van der Waals surface area contributed by atoms with Crippen molar-refractivity contribution in [1.29, 1.82) is 0 Å². The first-order chi connectivity index (χ1) is 10.8. The summed E-state index contributed by atoms with van der Waals surface area (Å²) in [7, 11) is 0. The number of rotatable bonds is 5. The summed E-state index contributed by atoms with van der Waals surface area (Å²) in [6.45, 7) is 1.41. The minimum absolute atomic E-state index is 0.125. The number of aromatic nitrogens is 4. The first kappa shape index (κ1) is 14.9. The number of thioether (sulfide) groups is 1. The molecule has 116 valence electrons. The van der Waals surface area contributed by atoms with Crippen molar-refractivity contribution in [3.63, 3.8) is 0 Å². The quantitative estimate of drug-likeness (QED) is 0.473. The van der Waals surface area contributed by atoms with E-state index in [2.05, 4.69) is 15.5 Å². The monoisotopic (exact) mass is 321 g/mol. The molecule has 0 amide bonds. The second-order valence-corrected chi connectivity index (χ2v) is 5.87. The Balaban J connectivity index is 1.72. The van der Waals surface area contributed by atoms with Crippen molar-refractivity contribution in [3.8, 4) is 0 Å². The molecular formula is C13H15N5O3S. The minimum Gasteiger partial charge on any atom is -0.381 e. The predicted octanol–water partition coefficient (Wildman–Crippen LogP) is 2.23. The van der Waals surface area contributed by atoms with Crippen LogP contribution < -0.4 is 0 Å². The Hall–Kier alpha value is -2.00. The Morgan fingerprint density at radius 2 is 2.14 bits per heavy atom. The zero-order valence-corrected chi connectivity index (χ0v) is 12.6. The molecule has 2 aromatic rings. The number of hydrogen-bond donors (Lipinski definition) is 0. The Labute approximate surface area is 131 Å². The van der Waals surface area contributed by atoms with Gasteiger partial charge in [-0.2, -0.15) is 0 Å². The van der Waals surface area contributed by atoms with Gasteiger partial charge >= 0.3 is 0 Å². The Morgan fingerprint density at radius 3 is 2.91 bits per heavy atom. The van der Waals surface area contributed by atoms with Gasteiger partial charge in [0.15, 0.2) is 0 Å². The molecular weight excluding hydrogens is 306 g/mol. The van der Waals surface area contributed by atoms with Gasteiger partial charge in [-0.15, -0.1) is 5.10 Å². The van der Waals surface area contributed by atoms with Gasteiger partial charge in [-0.25, -0.2) is 4.68 Å². The summed E-state index contributed by atoms with van der Waals surface area (Å²) in [6, 6.07) is 6.96. The second-order valence-electron chi connectivity index (χ2n) is 4.92. The van der Waals surface area contributed by atoms with Crippen LogP contribution in [0.3, 0.4) is 0 Å². The van der Waals surface area contributed by atoms with E-state index in [1.807, 2.05) is 4.68 Å². The van der Waals surface area contributed by atoms with Crippen molar-refractivity contribution < 1.29 is 9.66 Å². The largest absolute Gasteiger partial charge is 0.381 e. The number of para-hydroxylation sites is 1. The maximum absolute atomic E-state index is 11.0. The van der Waals surface area contributed by atoms with Crippen molar-refractivity contribution in [2.45, 2.75) is 29.8 Å². The van der Waals surface area contributed by atoms with Gasteiger partial charge in [0.25, 0.3) is 5.69 Å². The van der Waals surface area contributed by atoms with Gasteiger partial charge in [0.1, 0.15) is 0 Å². The molecule has 0 saturated carbocycles. The van der Waals surface area contributed by atoms with E-state index in [-0.39, 0.29) is 16.7 Å². The fourth-order valence-electron chi connectivity index (χ4n) is 2.39. The SMILES string of the molecule is O=[N+]([O-])c1ccccc1CSc1nnnn1C1CCOCC1. The molecule has 0 unspecified atom stereocenters. The van der Waals surface area contributed by atoms with E-state index >= 15 is 0 Å². The van der Waals surface area contributed by atoms with Crippen LogP contribution in [0.1, 0.15) is 24.4 Å². The molecule has 0 aliphatic carbocycles. The van der Waals surface area contributed by atoms with Gasteiger partial charge < -0.3 is 4.74 Å². The molecule has 1 saturated heterocycles. The molecule has 22 heavy (non-hydrogen) atoms. The molecule has 1 aliphatic rings. The number of nitro benzene ring substituents is 1. The molecule has 3 rings (SSSR count). The van der Waals surface area contributed by atoms with E-state index in [0.717, 1.165) is 12.8 Å². The first-order valence-electron chi connectivity index (χ1n) is 6.96. The third-order valence-corrected chi connectivity index (χ3v) is 4.53. The number of hydrogen-bond acceptors (Lipinski definition) is 7. The van der Waals surface area contributed by atoms with E-state index in [1.165, 1.54) is 17.8 Å². The standard InChI is InChI=1S/C13H15N5O3S/c19-18(20)12-4-2-1-3-10(12)9-22-13-14-15-16-17(13)11-5-7-21-8-6-11/h1-4,11H,5-9H2. The summed E-state index contributed by atoms with van der Waals surface area (Å²) >= 11 is 1.41. The fraction of sp³-hybridized carbons (Fsp3) is 0.462. The van der Waals surface area contributed by atoms with E-state index in [0.29, 0.717) is 29.7 Å². The van der Waals surface area contributed by atoms with E-state index in [9.17, 15) is 10.1 Å². The minimum atomic E-state index is -0.364. The maximum Gasteiger partial charge on any atom is 0.273 e. The topological polar surface area (TPSA) is 96.0 Å². The third kappa shape index (κ3) is 3.25. The lowest BCUT2D eigenvalue weighted by atomic mass is 10.1. The molecule has 0 bridgehead atoms. The molecule has 0 spiro atoms. The molecule has 1 aliphatic heterocycles. The van der Waals surface area contributed by atoms with E-state index in [4.69, 9.17) is 4.74 Å². The van der Waals surface area contributed by atoms with Crippen molar-refractivity contribution in [2.24, 2.45) is 0 Å². The molecule has 2 heterocycles. The molecule has 8 nitrogen and oxygen atoms in total. The first-order valence-corrected chi connectivity index (χ1v) is 7.95. The number of nitrogens with zero attached hydrogens (tertiary/aromatic N) is 5. The van der Waals surface area contributed by atoms with Crippen LogP contribution in [0.15, 0.2) is 29.4 Å². The van der Waals surface area contributed by atoms with Crippen molar-refractivity contribution >= 4 is 17.4 Å². The molecule has 1 fully saturated rings. The molecule has 9 heteroatoms. The fourth-order valence-corrected chi connectivity index (χ4v) is 3.33. The van der Waals surface area contributed by atoms with Gasteiger partial charge in [0.2, 0.25) is 5.16 Å². The number of ether oxygens (including phenoxy) is 1. The van der Waals surface area contributed by atoms with Gasteiger partial charge in [-0.3, -0.25) is 10.1 Å². The highest BCUT2D eigenvalue weighted by atomic mass is 32.2. The van der Waals surface area contributed by atoms with Crippen molar-refractivity contribution in [3.05, 3.63) is 39.9 Å². The summed E-state index contributed by atoms with van der Waals surface area (Å²) < 4.78 is 7.15. The Morgan fingerprint density at radius 1 is 1.36 bits per heavy atom. The van der Waals surface area contributed by atoms with E-state index in [1.54, 1.807) is 18.2 Å². The zero-order valence-electron chi connectivity index (χ0n) is 11.8. The molecule has 1 aromatic carbocycles. The van der Waals surface area contributed by atoms with Crippen LogP contribution in [-0.2, 0) is 10.5 Å². The normalized spacial score (nSPS) is 15.8. The lowest BCUT2D eigenvalue weighted by Crippen LogP contribution is -2.21. The van der Waals surface area contributed by atoms with Crippen LogP contribution in [0.2, 0.25) is 0 Å². The summed E-state index contributed by atoms with van der Waals surface area (Å²) in [5.74, 6) is 0.459. The Bertz CT molecular complexity index is 657. The van der Waals surface area contributed by atoms with Gasteiger partial charge in [-0.05, 0) is 23.3 Å². The summed E-state index contributed by atoms with van der Waals surface area (Å²) in [5.41, 5.74) is 0.791. The van der Waals surface area contributed by atoms with Crippen LogP contribution in [0.4, 0.5) is 5.69 Å². The summed E-state index contributed by atoms with van der Waals surface area (Å²) in [4.78, 5) is 10.7. The van der Waals surface area contributed by atoms with Crippen LogP contribution in [-0.4, -0.2) is 38.3 Å². The van der Waals surface area contributed by atoms with Crippen molar-refractivity contribution in [2.75, 3.05) is 13.2 Å².